The van der Waals surface area contributed by atoms with Gasteiger partial charge in [-0.3, -0.25) is 14.5 Å². The van der Waals surface area contributed by atoms with E-state index in [0.29, 0.717) is 28.6 Å². The topological polar surface area (TPSA) is 49.4 Å². The van der Waals surface area contributed by atoms with Crippen molar-refractivity contribution in [1.82, 2.24) is 5.32 Å². The molecule has 1 atom stereocenters. The van der Waals surface area contributed by atoms with Crippen LogP contribution in [-0.4, -0.2) is 23.4 Å². The molecule has 1 aliphatic heterocycles. The minimum Gasteiger partial charge on any atom is -0.340 e. The van der Waals surface area contributed by atoms with Gasteiger partial charge in [-0.25, -0.2) is 0 Å². The van der Waals surface area contributed by atoms with Crippen molar-refractivity contribution in [1.29, 1.82) is 0 Å². The molecule has 1 heterocycles. The zero-order valence-electron chi connectivity index (χ0n) is 11.7. The third kappa shape index (κ3) is 2.30. The molecular weight excluding hydrogens is 311 g/mol. The molecular formula is C15H16Cl2N2O2. The Labute approximate surface area is 133 Å². The van der Waals surface area contributed by atoms with Gasteiger partial charge in [0.1, 0.15) is 11.6 Å². The lowest BCUT2D eigenvalue weighted by atomic mass is 9.90. The average Bonchev–Trinajstić information content (AvgIpc) is 2.89. The summed E-state index contributed by atoms with van der Waals surface area (Å²) in [5.41, 5.74) is -0.216. The quantitative estimate of drug-likeness (QED) is 0.861. The first-order chi connectivity index (χ1) is 9.94. The SMILES string of the molecule is CC1C(=O)NC2(CCCC2)C(=O)N1c1ccc(Cl)cc1Cl. The van der Waals surface area contributed by atoms with E-state index in [9.17, 15) is 9.59 Å². The first-order valence-corrected chi connectivity index (χ1v) is 7.81. The van der Waals surface area contributed by atoms with Gasteiger partial charge < -0.3 is 5.32 Å². The molecule has 2 amide bonds. The molecule has 1 aromatic rings. The molecule has 3 rings (SSSR count). The largest absolute Gasteiger partial charge is 0.340 e. The average molecular weight is 327 g/mol. The number of rotatable bonds is 1. The number of piperazine rings is 1. The van der Waals surface area contributed by atoms with Gasteiger partial charge in [0.2, 0.25) is 5.91 Å². The highest BCUT2D eigenvalue weighted by Crippen LogP contribution is 2.39. The van der Waals surface area contributed by atoms with Crippen molar-refractivity contribution >= 4 is 40.7 Å². The molecule has 2 fully saturated rings. The van der Waals surface area contributed by atoms with E-state index in [0.717, 1.165) is 12.8 Å². The van der Waals surface area contributed by atoms with Crippen LogP contribution in [-0.2, 0) is 9.59 Å². The van der Waals surface area contributed by atoms with Gasteiger partial charge in [-0.1, -0.05) is 36.0 Å². The van der Waals surface area contributed by atoms with E-state index in [-0.39, 0.29) is 11.8 Å². The van der Waals surface area contributed by atoms with E-state index >= 15 is 0 Å². The highest BCUT2D eigenvalue weighted by Gasteiger charge is 2.51. The van der Waals surface area contributed by atoms with Gasteiger partial charge in [0.05, 0.1) is 10.7 Å². The minimum absolute atomic E-state index is 0.0728. The van der Waals surface area contributed by atoms with Crippen LogP contribution in [0.15, 0.2) is 18.2 Å². The molecule has 1 aromatic carbocycles. The summed E-state index contributed by atoms with van der Waals surface area (Å²) in [6.07, 6.45) is 3.27. The van der Waals surface area contributed by atoms with Crippen molar-refractivity contribution in [3.63, 3.8) is 0 Å². The summed E-state index contributed by atoms with van der Waals surface area (Å²) in [4.78, 5) is 26.8. The summed E-state index contributed by atoms with van der Waals surface area (Å²) in [7, 11) is 0. The maximum atomic E-state index is 13.0. The number of halogens is 2. The number of hydrogen-bond donors (Lipinski definition) is 1. The summed E-state index contributed by atoms with van der Waals surface area (Å²) in [5.74, 6) is -0.209. The van der Waals surface area contributed by atoms with Gasteiger partial charge in [0.15, 0.2) is 0 Å². The molecule has 1 unspecified atom stereocenters. The van der Waals surface area contributed by atoms with E-state index in [1.54, 1.807) is 25.1 Å². The first kappa shape index (κ1) is 14.7. The van der Waals surface area contributed by atoms with Crippen LogP contribution in [0.25, 0.3) is 0 Å². The molecule has 0 radical (unpaired) electrons. The minimum atomic E-state index is -0.757. The predicted molar refractivity (Wildman–Crippen MR) is 82.8 cm³/mol. The van der Waals surface area contributed by atoms with Crippen LogP contribution in [0, 0.1) is 0 Å². The number of nitrogens with one attached hydrogen (secondary N) is 1. The van der Waals surface area contributed by atoms with Gasteiger partial charge in [-0.05, 0) is 38.0 Å². The Kier molecular flexibility index (Phi) is 3.62. The monoisotopic (exact) mass is 326 g/mol. The Morgan fingerprint density at radius 3 is 2.52 bits per heavy atom. The zero-order valence-corrected chi connectivity index (χ0v) is 13.2. The normalized spacial score (nSPS) is 24.5. The molecule has 0 bridgehead atoms. The molecule has 6 heteroatoms. The summed E-state index contributed by atoms with van der Waals surface area (Å²) >= 11 is 12.1. The third-order valence-electron chi connectivity index (χ3n) is 4.38. The lowest BCUT2D eigenvalue weighted by Gasteiger charge is -2.43. The Morgan fingerprint density at radius 1 is 1.24 bits per heavy atom. The first-order valence-electron chi connectivity index (χ1n) is 7.05. The van der Waals surface area contributed by atoms with Gasteiger partial charge in [-0.15, -0.1) is 0 Å². The van der Waals surface area contributed by atoms with Crippen LogP contribution in [0.1, 0.15) is 32.6 Å². The molecule has 1 saturated carbocycles. The van der Waals surface area contributed by atoms with Gasteiger partial charge >= 0.3 is 0 Å². The highest BCUT2D eigenvalue weighted by atomic mass is 35.5. The van der Waals surface area contributed by atoms with E-state index in [4.69, 9.17) is 23.2 Å². The number of carbonyl (C=O) groups is 2. The predicted octanol–water partition coefficient (Wildman–Crippen LogP) is 3.16. The van der Waals surface area contributed by atoms with Gasteiger partial charge in [0, 0.05) is 5.02 Å². The van der Waals surface area contributed by atoms with Crippen LogP contribution in [0.4, 0.5) is 5.69 Å². The number of nitrogens with zero attached hydrogens (tertiary/aromatic N) is 1. The molecule has 21 heavy (non-hydrogen) atoms. The van der Waals surface area contributed by atoms with Gasteiger partial charge in [0.25, 0.3) is 5.91 Å². The van der Waals surface area contributed by atoms with E-state index in [1.807, 2.05) is 0 Å². The lowest BCUT2D eigenvalue weighted by molar-refractivity contribution is -0.137. The number of anilines is 1. The Morgan fingerprint density at radius 2 is 1.90 bits per heavy atom. The van der Waals surface area contributed by atoms with E-state index in [2.05, 4.69) is 5.32 Å². The van der Waals surface area contributed by atoms with Crippen LogP contribution >= 0.6 is 23.2 Å². The highest BCUT2D eigenvalue weighted by molar-refractivity contribution is 6.37. The van der Waals surface area contributed by atoms with Crippen molar-refractivity contribution in [2.45, 2.75) is 44.2 Å². The maximum Gasteiger partial charge on any atom is 0.253 e. The van der Waals surface area contributed by atoms with Crippen LogP contribution in [0.3, 0.4) is 0 Å². The Hall–Kier alpha value is -1.26. The van der Waals surface area contributed by atoms with Crippen LogP contribution in [0.2, 0.25) is 10.0 Å². The van der Waals surface area contributed by atoms with Crippen LogP contribution in [0.5, 0.6) is 0 Å². The number of benzene rings is 1. The lowest BCUT2D eigenvalue weighted by Crippen LogP contribution is -2.69. The summed E-state index contributed by atoms with van der Waals surface area (Å²) in [5, 5.41) is 3.80. The number of hydrogen-bond acceptors (Lipinski definition) is 2. The number of carbonyl (C=O) groups excluding carboxylic acids is 2. The molecule has 112 valence electrons. The third-order valence-corrected chi connectivity index (χ3v) is 4.92. The molecule has 1 aliphatic carbocycles. The van der Waals surface area contributed by atoms with E-state index < -0.39 is 11.6 Å². The molecule has 4 nitrogen and oxygen atoms in total. The Balaban J connectivity index is 2.05. The van der Waals surface area contributed by atoms with Crippen molar-refractivity contribution in [2.24, 2.45) is 0 Å². The van der Waals surface area contributed by atoms with Crippen molar-refractivity contribution in [3.8, 4) is 0 Å². The molecule has 1 saturated heterocycles. The number of amides is 2. The summed E-state index contributed by atoms with van der Waals surface area (Å²) < 4.78 is 0. The van der Waals surface area contributed by atoms with Crippen molar-refractivity contribution < 1.29 is 9.59 Å². The molecule has 2 aliphatic rings. The Bertz CT molecular complexity index is 612. The fraction of sp³-hybridized carbons (Fsp3) is 0.467. The van der Waals surface area contributed by atoms with Crippen molar-refractivity contribution in [2.75, 3.05) is 4.90 Å². The fourth-order valence-electron chi connectivity index (χ4n) is 3.23. The second-order valence-corrected chi connectivity index (χ2v) is 6.57. The second-order valence-electron chi connectivity index (χ2n) is 5.73. The van der Waals surface area contributed by atoms with Crippen LogP contribution < -0.4 is 10.2 Å². The zero-order chi connectivity index (χ0) is 15.2. The van der Waals surface area contributed by atoms with Crippen molar-refractivity contribution in [3.05, 3.63) is 28.2 Å². The standard InChI is InChI=1S/C15H16Cl2N2O2/c1-9-13(20)18-15(6-2-3-7-15)14(21)19(9)12-5-4-10(16)8-11(12)17/h4-5,8-9H,2-3,6-7H2,1H3,(H,18,20). The second kappa shape index (κ2) is 5.18. The molecule has 0 aromatic heterocycles. The fourth-order valence-corrected chi connectivity index (χ4v) is 3.73. The van der Waals surface area contributed by atoms with Gasteiger partial charge in [-0.2, -0.15) is 0 Å². The van der Waals surface area contributed by atoms with E-state index in [1.165, 1.54) is 4.90 Å². The maximum absolute atomic E-state index is 13.0. The summed E-state index contributed by atoms with van der Waals surface area (Å²) in [6.45, 7) is 1.71. The smallest absolute Gasteiger partial charge is 0.253 e. The molecule has 1 spiro atoms. The summed E-state index contributed by atoms with van der Waals surface area (Å²) in [6, 6.07) is 4.38. The molecule has 1 N–H and O–H groups in total.